The van der Waals surface area contributed by atoms with E-state index in [2.05, 4.69) is 19.2 Å². The first-order valence-corrected chi connectivity index (χ1v) is 5.73. The summed E-state index contributed by atoms with van der Waals surface area (Å²) in [5.74, 6) is 0. The van der Waals surface area contributed by atoms with Gasteiger partial charge in [0.25, 0.3) is 6.43 Å². The van der Waals surface area contributed by atoms with Gasteiger partial charge in [-0.05, 0) is 25.0 Å². The highest BCUT2D eigenvalue weighted by atomic mass is 19.3. The monoisotopic (exact) mass is 227 g/mol. The highest BCUT2D eigenvalue weighted by Gasteiger charge is 2.07. The maximum Gasteiger partial charge on any atom is 0.263 e. The normalized spacial score (nSPS) is 13.1. The Bertz CT molecular complexity index is 313. The van der Waals surface area contributed by atoms with E-state index in [4.69, 9.17) is 0 Å². The summed E-state index contributed by atoms with van der Waals surface area (Å²) in [6, 6.07) is 7.01. The van der Waals surface area contributed by atoms with Crippen molar-refractivity contribution in [2.24, 2.45) is 0 Å². The van der Waals surface area contributed by atoms with E-state index < -0.39 is 6.43 Å². The second-order valence-corrected chi connectivity index (χ2v) is 4.12. The maximum atomic E-state index is 12.4. The van der Waals surface area contributed by atoms with Crippen LogP contribution in [0.3, 0.4) is 0 Å². The average molecular weight is 227 g/mol. The maximum absolute atomic E-state index is 12.4. The lowest BCUT2D eigenvalue weighted by Crippen LogP contribution is -2.25. The molecule has 1 unspecified atom stereocenters. The Morgan fingerprint density at radius 1 is 1.31 bits per heavy atom. The van der Waals surface area contributed by atoms with Crippen LogP contribution >= 0.6 is 0 Å². The van der Waals surface area contributed by atoms with Crippen LogP contribution in [0.5, 0.6) is 0 Å². The Kier molecular flexibility index (Phi) is 5.39. The molecule has 3 heteroatoms. The molecule has 0 amide bonds. The first kappa shape index (κ1) is 13.1. The smallest absolute Gasteiger partial charge is 0.263 e. The van der Waals surface area contributed by atoms with Crippen LogP contribution in [0.2, 0.25) is 0 Å². The van der Waals surface area contributed by atoms with Crippen molar-refractivity contribution in [1.82, 2.24) is 5.32 Å². The molecule has 1 nitrogen and oxygen atoms in total. The van der Waals surface area contributed by atoms with E-state index in [1.54, 1.807) is 12.1 Å². The first-order chi connectivity index (χ1) is 7.63. The fourth-order valence-electron chi connectivity index (χ4n) is 1.67. The van der Waals surface area contributed by atoms with Crippen LogP contribution in [0.25, 0.3) is 0 Å². The second kappa shape index (κ2) is 6.59. The molecule has 0 aliphatic rings. The minimum atomic E-state index is -2.38. The lowest BCUT2D eigenvalue weighted by molar-refractivity contribution is 0.151. The summed E-state index contributed by atoms with van der Waals surface area (Å²) in [4.78, 5) is 0. The lowest BCUT2D eigenvalue weighted by Gasteiger charge is -2.13. The molecule has 0 heterocycles. The molecule has 1 rings (SSSR count). The molecule has 1 aromatic rings. The van der Waals surface area contributed by atoms with Crippen molar-refractivity contribution >= 4 is 0 Å². The van der Waals surface area contributed by atoms with E-state index >= 15 is 0 Å². The van der Waals surface area contributed by atoms with Crippen molar-refractivity contribution < 1.29 is 8.78 Å². The Morgan fingerprint density at radius 2 is 2.06 bits per heavy atom. The molecule has 0 fully saturated rings. The number of alkyl halides is 2. The van der Waals surface area contributed by atoms with Crippen LogP contribution < -0.4 is 5.32 Å². The summed E-state index contributed by atoms with van der Waals surface area (Å²) in [7, 11) is 0. The molecule has 0 saturated carbocycles. The lowest BCUT2D eigenvalue weighted by atomic mass is 10.1. The second-order valence-electron chi connectivity index (χ2n) is 4.12. The van der Waals surface area contributed by atoms with Crippen molar-refractivity contribution in [2.45, 2.75) is 45.7 Å². The number of rotatable bonds is 6. The molecule has 0 bridgehead atoms. The summed E-state index contributed by atoms with van der Waals surface area (Å²) in [5.41, 5.74) is 1.02. The summed E-state index contributed by atoms with van der Waals surface area (Å²) in [5, 5.41) is 3.32. The number of hydrogen-bond donors (Lipinski definition) is 1. The zero-order valence-corrected chi connectivity index (χ0v) is 9.84. The van der Waals surface area contributed by atoms with Gasteiger partial charge in [-0.2, -0.15) is 0 Å². The van der Waals surface area contributed by atoms with E-state index in [1.165, 1.54) is 6.07 Å². The predicted octanol–water partition coefficient (Wildman–Crippen LogP) is 3.90. The van der Waals surface area contributed by atoms with E-state index in [-0.39, 0.29) is 5.56 Å². The molecule has 0 saturated heterocycles. The summed E-state index contributed by atoms with van der Waals surface area (Å²) in [6.45, 7) is 4.90. The quantitative estimate of drug-likeness (QED) is 0.777. The number of nitrogens with one attached hydrogen (secondary N) is 1. The van der Waals surface area contributed by atoms with Gasteiger partial charge in [0, 0.05) is 18.2 Å². The van der Waals surface area contributed by atoms with Crippen LogP contribution in [0.4, 0.5) is 8.78 Å². The van der Waals surface area contributed by atoms with Crippen molar-refractivity contribution in [3.63, 3.8) is 0 Å². The summed E-state index contributed by atoms with van der Waals surface area (Å²) in [6.07, 6.45) is -0.146. The van der Waals surface area contributed by atoms with Crippen molar-refractivity contribution in [3.05, 3.63) is 35.4 Å². The zero-order chi connectivity index (χ0) is 12.0. The van der Waals surface area contributed by atoms with Gasteiger partial charge in [-0.1, -0.05) is 31.5 Å². The van der Waals surface area contributed by atoms with Crippen LogP contribution in [-0.2, 0) is 6.54 Å². The van der Waals surface area contributed by atoms with Gasteiger partial charge in [-0.25, -0.2) is 8.78 Å². The van der Waals surface area contributed by atoms with Gasteiger partial charge >= 0.3 is 0 Å². The van der Waals surface area contributed by atoms with Crippen molar-refractivity contribution in [3.8, 4) is 0 Å². The molecular weight excluding hydrogens is 208 g/mol. The SMILES string of the molecule is CCCC(C)NCc1cccc(C(F)F)c1. The van der Waals surface area contributed by atoms with E-state index in [0.29, 0.717) is 12.6 Å². The summed E-state index contributed by atoms with van der Waals surface area (Å²) < 4.78 is 24.9. The summed E-state index contributed by atoms with van der Waals surface area (Å²) >= 11 is 0. The fourth-order valence-corrected chi connectivity index (χ4v) is 1.67. The molecule has 0 aliphatic carbocycles. The van der Waals surface area contributed by atoms with E-state index in [1.807, 2.05) is 6.07 Å². The molecule has 16 heavy (non-hydrogen) atoms. The van der Waals surface area contributed by atoms with Crippen LogP contribution in [-0.4, -0.2) is 6.04 Å². The zero-order valence-electron chi connectivity index (χ0n) is 9.84. The molecule has 0 aliphatic heterocycles. The van der Waals surface area contributed by atoms with Gasteiger partial charge in [-0.3, -0.25) is 0 Å². The van der Waals surface area contributed by atoms with Crippen molar-refractivity contribution in [1.29, 1.82) is 0 Å². The van der Waals surface area contributed by atoms with Crippen molar-refractivity contribution in [2.75, 3.05) is 0 Å². The van der Waals surface area contributed by atoms with Gasteiger partial charge < -0.3 is 5.32 Å². The van der Waals surface area contributed by atoms with Gasteiger partial charge in [-0.15, -0.1) is 0 Å². The molecule has 0 aromatic heterocycles. The molecule has 1 N–H and O–H groups in total. The highest BCUT2D eigenvalue weighted by molar-refractivity contribution is 5.24. The Labute approximate surface area is 95.9 Å². The number of benzene rings is 1. The first-order valence-electron chi connectivity index (χ1n) is 5.73. The standard InChI is InChI=1S/C13H19F2N/c1-3-5-10(2)16-9-11-6-4-7-12(8-11)13(14)15/h4,6-8,10,13,16H,3,5,9H2,1-2H3. The number of hydrogen-bond acceptors (Lipinski definition) is 1. The van der Waals surface area contributed by atoms with Gasteiger partial charge in [0.2, 0.25) is 0 Å². The number of halogens is 2. The Balaban J connectivity index is 2.50. The third-order valence-corrected chi connectivity index (χ3v) is 2.58. The predicted molar refractivity (Wildman–Crippen MR) is 62.6 cm³/mol. The molecule has 90 valence electrons. The molecular formula is C13H19F2N. The van der Waals surface area contributed by atoms with Gasteiger partial charge in [0.1, 0.15) is 0 Å². The van der Waals surface area contributed by atoms with Gasteiger partial charge in [0.15, 0.2) is 0 Å². The molecule has 1 atom stereocenters. The minimum absolute atomic E-state index is 0.0995. The largest absolute Gasteiger partial charge is 0.310 e. The average Bonchev–Trinajstić information content (AvgIpc) is 2.27. The topological polar surface area (TPSA) is 12.0 Å². The minimum Gasteiger partial charge on any atom is -0.310 e. The third kappa shape index (κ3) is 4.27. The highest BCUT2D eigenvalue weighted by Crippen LogP contribution is 2.19. The van der Waals surface area contributed by atoms with E-state index in [9.17, 15) is 8.78 Å². The van der Waals surface area contributed by atoms with E-state index in [0.717, 1.165) is 18.4 Å². The van der Waals surface area contributed by atoms with Crippen LogP contribution in [0, 0.1) is 0 Å². The Hall–Kier alpha value is -0.960. The third-order valence-electron chi connectivity index (χ3n) is 2.58. The molecule has 0 spiro atoms. The van der Waals surface area contributed by atoms with Gasteiger partial charge in [0.05, 0.1) is 0 Å². The fraction of sp³-hybridized carbons (Fsp3) is 0.538. The Morgan fingerprint density at radius 3 is 2.69 bits per heavy atom. The van der Waals surface area contributed by atoms with Crippen LogP contribution in [0.1, 0.15) is 44.2 Å². The molecule has 0 radical (unpaired) electrons. The van der Waals surface area contributed by atoms with Crippen LogP contribution in [0.15, 0.2) is 24.3 Å². The molecule has 1 aromatic carbocycles.